The van der Waals surface area contributed by atoms with Gasteiger partial charge in [0.1, 0.15) is 17.5 Å². The fourth-order valence-corrected chi connectivity index (χ4v) is 4.57. The first-order valence-electron chi connectivity index (χ1n) is 12.1. The molecule has 3 aromatic rings. The molecule has 0 unspecified atom stereocenters. The Labute approximate surface area is 232 Å². The van der Waals surface area contributed by atoms with Crippen molar-refractivity contribution in [2.75, 3.05) is 13.7 Å². The summed E-state index contributed by atoms with van der Waals surface area (Å²) >= 11 is 9.46. The summed E-state index contributed by atoms with van der Waals surface area (Å²) in [5, 5.41) is 3.61. The third-order valence-corrected chi connectivity index (χ3v) is 6.86. The van der Waals surface area contributed by atoms with E-state index < -0.39 is 6.04 Å². The van der Waals surface area contributed by atoms with Gasteiger partial charge in [-0.1, -0.05) is 61.0 Å². The maximum atomic E-state index is 13.7. The molecule has 0 aliphatic carbocycles. The highest BCUT2D eigenvalue weighted by Crippen LogP contribution is 2.28. The molecule has 0 bridgehead atoms. The van der Waals surface area contributed by atoms with E-state index in [0.29, 0.717) is 27.4 Å². The summed E-state index contributed by atoms with van der Waals surface area (Å²) in [6, 6.07) is 21.5. The lowest BCUT2D eigenvalue weighted by Gasteiger charge is -2.32. The standard InChI is InChI=1S/C29H32BrClN2O4/c1-4-20(2)32-29(35)26(16-21-9-6-5-7-10-21)33(18-22-11-8-12-24(15-22)36-3)28(34)19-37-27-14-13-23(31)17-25(27)30/h5-15,17,20,26H,4,16,18-19H2,1-3H3,(H,32,35)/t20-,26+/m0/s1. The molecule has 0 saturated heterocycles. The molecule has 0 radical (unpaired) electrons. The molecule has 0 fully saturated rings. The Bertz CT molecular complexity index is 1190. The lowest BCUT2D eigenvalue weighted by Crippen LogP contribution is -2.53. The van der Waals surface area contributed by atoms with Crippen molar-refractivity contribution >= 4 is 39.3 Å². The first-order valence-corrected chi connectivity index (χ1v) is 13.3. The molecule has 0 saturated carbocycles. The minimum atomic E-state index is -0.743. The maximum Gasteiger partial charge on any atom is 0.261 e. The van der Waals surface area contributed by atoms with Crippen LogP contribution in [0.15, 0.2) is 77.3 Å². The van der Waals surface area contributed by atoms with Crippen molar-refractivity contribution in [3.63, 3.8) is 0 Å². The van der Waals surface area contributed by atoms with Crippen LogP contribution < -0.4 is 14.8 Å². The van der Waals surface area contributed by atoms with Crippen LogP contribution in [0.2, 0.25) is 5.02 Å². The predicted octanol–water partition coefficient (Wildman–Crippen LogP) is 6.04. The molecular formula is C29H32BrClN2O4. The summed E-state index contributed by atoms with van der Waals surface area (Å²) in [5.74, 6) is 0.643. The Balaban J connectivity index is 1.94. The van der Waals surface area contributed by atoms with Crippen molar-refractivity contribution in [1.29, 1.82) is 0 Å². The van der Waals surface area contributed by atoms with E-state index in [2.05, 4.69) is 21.2 Å². The van der Waals surface area contributed by atoms with Gasteiger partial charge < -0.3 is 19.7 Å². The number of hydrogen-bond acceptors (Lipinski definition) is 4. The van der Waals surface area contributed by atoms with Gasteiger partial charge >= 0.3 is 0 Å². The van der Waals surface area contributed by atoms with E-state index in [-0.39, 0.29) is 31.0 Å². The van der Waals surface area contributed by atoms with E-state index >= 15 is 0 Å². The third-order valence-electron chi connectivity index (χ3n) is 6.00. The van der Waals surface area contributed by atoms with Crippen LogP contribution in [0.5, 0.6) is 11.5 Å². The fourth-order valence-electron chi connectivity index (χ4n) is 3.78. The van der Waals surface area contributed by atoms with Crippen LogP contribution in [0.4, 0.5) is 0 Å². The Morgan fingerprint density at radius 3 is 2.43 bits per heavy atom. The van der Waals surface area contributed by atoms with Crippen LogP contribution in [-0.2, 0) is 22.6 Å². The zero-order chi connectivity index (χ0) is 26.8. The number of carbonyl (C=O) groups excluding carboxylic acids is 2. The Morgan fingerprint density at radius 2 is 1.76 bits per heavy atom. The molecule has 0 aliphatic heterocycles. The van der Waals surface area contributed by atoms with Crippen molar-refractivity contribution < 1.29 is 19.1 Å². The average molecular weight is 588 g/mol. The number of benzene rings is 3. The largest absolute Gasteiger partial charge is 0.497 e. The zero-order valence-corrected chi connectivity index (χ0v) is 23.6. The number of carbonyl (C=O) groups is 2. The molecule has 3 aromatic carbocycles. The smallest absolute Gasteiger partial charge is 0.261 e. The maximum absolute atomic E-state index is 13.7. The molecule has 0 heterocycles. The van der Waals surface area contributed by atoms with E-state index in [1.165, 1.54) is 0 Å². The average Bonchev–Trinajstić information content (AvgIpc) is 2.90. The Hall–Kier alpha value is -3.03. The van der Waals surface area contributed by atoms with Gasteiger partial charge in [0.25, 0.3) is 5.91 Å². The first kappa shape index (κ1) is 28.5. The molecule has 0 spiro atoms. The van der Waals surface area contributed by atoms with Crippen molar-refractivity contribution in [1.82, 2.24) is 10.2 Å². The fraction of sp³-hybridized carbons (Fsp3) is 0.310. The van der Waals surface area contributed by atoms with E-state index in [9.17, 15) is 9.59 Å². The monoisotopic (exact) mass is 586 g/mol. The lowest BCUT2D eigenvalue weighted by atomic mass is 10.0. The number of halogens is 2. The molecule has 196 valence electrons. The number of ether oxygens (including phenoxy) is 2. The Morgan fingerprint density at radius 1 is 1.03 bits per heavy atom. The molecule has 1 N–H and O–H groups in total. The molecule has 2 amide bonds. The summed E-state index contributed by atoms with van der Waals surface area (Å²) in [5.41, 5.74) is 1.80. The van der Waals surface area contributed by atoms with Crippen LogP contribution in [0.3, 0.4) is 0 Å². The van der Waals surface area contributed by atoms with Crippen LogP contribution in [0.1, 0.15) is 31.4 Å². The number of rotatable bonds is 12. The van der Waals surface area contributed by atoms with Gasteiger partial charge in [-0.15, -0.1) is 0 Å². The van der Waals surface area contributed by atoms with Gasteiger partial charge in [0.15, 0.2) is 6.61 Å². The van der Waals surface area contributed by atoms with Crippen molar-refractivity contribution in [2.24, 2.45) is 0 Å². The molecule has 2 atom stereocenters. The number of hydrogen-bond donors (Lipinski definition) is 1. The van der Waals surface area contributed by atoms with Gasteiger partial charge in [0, 0.05) is 24.0 Å². The second-order valence-electron chi connectivity index (χ2n) is 8.76. The van der Waals surface area contributed by atoms with Gasteiger partial charge in [0.2, 0.25) is 5.91 Å². The quantitative estimate of drug-likeness (QED) is 0.280. The number of methoxy groups -OCH3 is 1. The number of nitrogens with one attached hydrogen (secondary N) is 1. The van der Waals surface area contributed by atoms with Crippen LogP contribution in [0, 0.1) is 0 Å². The van der Waals surface area contributed by atoms with Gasteiger partial charge in [-0.25, -0.2) is 0 Å². The SMILES string of the molecule is CC[C@H](C)NC(=O)[C@@H](Cc1ccccc1)N(Cc1cccc(OC)c1)C(=O)COc1ccc(Cl)cc1Br. The van der Waals surface area contributed by atoms with E-state index in [0.717, 1.165) is 17.5 Å². The highest BCUT2D eigenvalue weighted by Gasteiger charge is 2.31. The summed E-state index contributed by atoms with van der Waals surface area (Å²) in [7, 11) is 1.59. The molecular weight excluding hydrogens is 556 g/mol. The van der Waals surface area contributed by atoms with Gasteiger partial charge in [-0.2, -0.15) is 0 Å². The molecule has 0 aromatic heterocycles. The molecule has 3 rings (SSSR count). The summed E-state index contributed by atoms with van der Waals surface area (Å²) in [6.45, 7) is 3.93. The van der Waals surface area contributed by atoms with Gasteiger partial charge in [-0.05, 0) is 70.7 Å². The van der Waals surface area contributed by atoms with Crippen LogP contribution >= 0.6 is 27.5 Å². The topological polar surface area (TPSA) is 67.9 Å². The second kappa shape index (κ2) is 14.1. The van der Waals surface area contributed by atoms with E-state index in [1.807, 2.05) is 68.4 Å². The first-order chi connectivity index (χ1) is 17.8. The van der Waals surface area contributed by atoms with Crippen molar-refractivity contribution in [2.45, 2.75) is 45.3 Å². The zero-order valence-electron chi connectivity index (χ0n) is 21.2. The second-order valence-corrected chi connectivity index (χ2v) is 10.1. The number of amides is 2. The van der Waals surface area contributed by atoms with Gasteiger partial charge in [-0.3, -0.25) is 9.59 Å². The summed E-state index contributed by atoms with van der Waals surface area (Å²) < 4.78 is 11.9. The normalized spacial score (nSPS) is 12.4. The number of nitrogens with zero attached hydrogens (tertiary/aromatic N) is 1. The van der Waals surface area contributed by atoms with Crippen LogP contribution in [0.25, 0.3) is 0 Å². The van der Waals surface area contributed by atoms with Gasteiger partial charge in [0.05, 0.1) is 11.6 Å². The van der Waals surface area contributed by atoms with E-state index in [4.69, 9.17) is 21.1 Å². The third kappa shape index (κ3) is 8.51. The van der Waals surface area contributed by atoms with Crippen LogP contribution in [-0.4, -0.2) is 42.5 Å². The molecule has 6 nitrogen and oxygen atoms in total. The summed E-state index contributed by atoms with van der Waals surface area (Å²) in [6.07, 6.45) is 1.14. The molecule has 37 heavy (non-hydrogen) atoms. The highest BCUT2D eigenvalue weighted by molar-refractivity contribution is 9.10. The lowest BCUT2D eigenvalue weighted by molar-refractivity contribution is -0.143. The summed E-state index contributed by atoms with van der Waals surface area (Å²) in [4.78, 5) is 28.8. The predicted molar refractivity (Wildman–Crippen MR) is 150 cm³/mol. The van der Waals surface area contributed by atoms with Crippen molar-refractivity contribution in [3.05, 3.63) is 93.4 Å². The highest BCUT2D eigenvalue weighted by atomic mass is 79.9. The van der Waals surface area contributed by atoms with E-state index in [1.54, 1.807) is 30.2 Å². The van der Waals surface area contributed by atoms with Crippen molar-refractivity contribution in [3.8, 4) is 11.5 Å². The minimum Gasteiger partial charge on any atom is -0.497 e. The molecule has 0 aliphatic rings. The molecule has 8 heteroatoms. The Kier molecular flexibility index (Phi) is 10.8. The minimum absolute atomic E-state index is 0.0270.